The minimum Gasteiger partial charge on any atom is -0.357 e. The van der Waals surface area contributed by atoms with Gasteiger partial charge in [-0.1, -0.05) is 71.5 Å². The van der Waals surface area contributed by atoms with Gasteiger partial charge in [-0.2, -0.15) is 0 Å². The quantitative estimate of drug-likeness (QED) is 0.408. The number of aromatic nitrogens is 1. The Kier molecular flexibility index (Phi) is 9.26. The lowest BCUT2D eigenvalue weighted by Gasteiger charge is -2.03. The van der Waals surface area contributed by atoms with E-state index in [1.807, 2.05) is 31.8 Å². The molecule has 4 rings (SSSR count). The zero-order chi connectivity index (χ0) is 22.6. The molecule has 1 aromatic heterocycles. The van der Waals surface area contributed by atoms with E-state index in [9.17, 15) is 4.39 Å². The van der Waals surface area contributed by atoms with Gasteiger partial charge in [0.1, 0.15) is 19.4 Å². The Balaban J connectivity index is 0.000000807. The van der Waals surface area contributed by atoms with Gasteiger partial charge in [0.05, 0.1) is 10.6 Å². The number of nitrogens with zero attached hydrogens (tertiary/aromatic N) is 1. The lowest BCUT2D eigenvalue weighted by molar-refractivity contribution is -0.0987. The summed E-state index contributed by atoms with van der Waals surface area (Å²) in [6.45, 7) is 6.79. The van der Waals surface area contributed by atoms with Gasteiger partial charge < -0.3 is 14.9 Å². The number of hydrogen-bond donors (Lipinski definition) is 1. The molecule has 0 unspecified atom stereocenters. The third kappa shape index (κ3) is 6.42. The fourth-order valence-corrected chi connectivity index (χ4v) is 3.86. The first-order valence-electron chi connectivity index (χ1n) is 9.38. The van der Waals surface area contributed by atoms with Crippen molar-refractivity contribution in [2.75, 3.05) is 5.32 Å². The lowest BCUT2D eigenvalue weighted by atomic mass is 10.1. The Labute approximate surface area is 185 Å². The Morgan fingerprint density at radius 2 is 1.42 bits per heavy atom. The van der Waals surface area contributed by atoms with Crippen LogP contribution in [-0.2, 0) is 16.1 Å². The highest BCUT2D eigenvalue weighted by Crippen LogP contribution is 2.39. The topological polar surface area (TPSA) is 59.1 Å². The highest BCUT2D eigenvalue weighted by molar-refractivity contribution is 7.19. The van der Waals surface area contributed by atoms with Gasteiger partial charge in [-0.3, -0.25) is 0 Å². The van der Waals surface area contributed by atoms with E-state index in [4.69, 9.17) is 14.6 Å². The van der Waals surface area contributed by atoms with Gasteiger partial charge in [-0.15, -0.1) is 0 Å². The Hall–Kier alpha value is -3.64. The van der Waals surface area contributed by atoms with Gasteiger partial charge >= 0.3 is 0 Å². The van der Waals surface area contributed by atoms with Crippen LogP contribution in [0.15, 0.2) is 78.9 Å². The number of anilines is 1. The van der Waals surface area contributed by atoms with Crippen LogP contribution >= 0.6 is 11.3 Å². The second kappa shape index (κ2) is 12.1. The predicted octanol–water partition coefficient (Wildman–Crippen LogP) is 6.17. The summed E-state index contributed by atoms with van der Waals surface area (Å²) < 4.78 is 13.4. The normalized spacial score (nSPS) is 9.61. The Morgan fingerprint density at radius 1 is 0.839 bits per heavy atom. The molecule has 0 spiro atoms. The molecule has 4 aromatic rings. The van der Waals surface area contributed by atoms with E-state index in [1.165, 1.54) is 23.3 Å². The smallest absolute Gasteiger partial charge is 0.184 e. The average Bonchev–Trinajstić information content (AvgIpc) is 3.26. The molecular weight excluding hydrogens is 411 g/mol. The van der Waals surface area contributed by atoms with Crippen molar-refractivity contribution < 1.29 is 14.0 Å². The van der Waals surface area contributed by atoms with E-state index < -0.39 is 0 Å². The van der Waals surface area contributed by atoms with Crippen LogP contribution in [-0.4, -0.2) is 18.6 Å². The average molecular weight is 435 g/mol. The number of rotatable bonds is 5. The van der Waals surface area contributed by atoms with E-state index >= 15 is 0 Å². The van der Waals surface area contributed by atoms with Crippen molar-refractivity contribution in [2.45, 2.75) is 13.5 Å². The summed E-state index contributed by atoms with van der Waals surface area (Å²) in [6.07, 6.45) is 0. The van der Waals surface area contributed by atoms with Gasteiger partial charge in [0.15, 0.2) is 5.13 Å². The second-order valence-electron chi connectivity index (χ2n) is 6.41. The van der Waals surface area contributed by atoms with Crippen molar-refractivity contribution in [3.8, 4) is 21.7 Å². The molecule has 1 heterocycles. The fraction of sp³-hybridized carbons (Fsp3) is 0.0800. The van der Waals surface area contributed by atoms with E-state index in [1.54, 1.807) is 23.5 Å². The largest absolute Gasteiger partial charge is 0.357 e. The molecule has 3 aromatic carbocycles. The molecule has 0 fully saturated rings. The first kappa shape index (κ1) is 23.6. The van der Waals surface area contributed by atoms with Crippen LogP contribution in [0.2, 0.25) is 0 Å². The number of carbonyl (C=O) groups excluding carboxylic acids is 2. The van der Waals surface area contributed by atoms with E-state index in [0.29, 0.717) is 6.54 Å². The van der Waals surface area contributed by atoms with Crippen LogP contribution < -0.4 is 5.32 Å². The number of thiazole rings is 1. The Morgan fingerprint density at radius 3 is 2.03 bits per heavy atom. The molecule has 1 N–H and O–H groups in total. The van der Waals surface area contributed by atoms with Crippen LogP contribution in [0.1, 0.15) is 11.1 Å². The zero-order valence-corrected chi connectivity index (χ0v) is 18.0. The van der Waals surface area contributed by atoms with Crippen LogP contribution in [0.5, 0.6) is 0 Å². The molecule has 0 amide bonds. The molecular formula is C25H23FN2O2S. The molecule has 0 saturated heterocycles. The maximum Gasteiger partial charge on any atom is 0.184 e. The molecule has 0 atom stereocenters. The summed E-state index contributed by atoms with van der Waals surface area (Å²) in [5, 5.41) is 4.27. The summed E-state index contributed by atoms with van der Waals surface area (Å²) >= 11 is 1.62. The van der Waals surface area contributed by atoms with E-state index in [2.05, 4.69) is 48.6 Å². The summed E-state index contributed by atoms with van der Waals surface area (Å²) in [5.74, 6) is -0.242. The molecule has 0 radical (unpaired) electrons. The molecule has 0 aliphatic rings. The minimum absolute atomic E-state index is 0.242. The van der Waals surface area contributed by atoms with Crippen molar-refractivity contribution in [1.29, 1.82) is 0 Å². The van der Waals surface area contributed by atoms with Crippen molar-refractivity contribution in [2.24, 2.45) is 0 Å². The second-order valence-corrected chi connectivity index (χ2v) is 7.41. The standard InChI is InChI=1S/C23H19FN2S.2CH2O/c1-16-7-9-19(10-8-16)22-21(18-11-13-20(24)14-12-18)26-23(27-22)25-15-17-5-3-2-4-6-17;2*1-2/h2-14H,15H2,1H3,(H,25,26);2*1H2. The molecule has 31 heavy (non-hydrogen) atoms. The number of halogens is 1. The first-order valence-corrected chi connectivity index (χ1v) is 10.2. The van der Waals surface area contributed by atoms with E-state index in [0.717, 1.165) is 26.8 Å². The highest BCUT2D eigenvalue weighted by Gasteiger charge is 2.15. The van der Waals surface area contributed by atoms with Gasteiger partial charge in [-0.25, -0.2) is 9.37 Å². The van der Waals surface area contributed by atoms with Crippen LogP contribution in [0.3, 0.4) is 0 Å². The van der Waals surface area contributed by atoms with Crippen molar-refractivity contribution in [3.05, 3.63) is 95.8 Å². The monoisotopic (exact) mass is 434 g/mol. The van der Waals surface area contributed by atoms with Gasteiger partial charge in [0.2, 0.25) is 0 Å². The van der Waals surface area contributed by atoms with Gasteiger partial charge in [0.25, 0.3) is 0 Å². The van der Waals surface area contributed by atoms with E-state index in [-0.39, 0.29) is 5.82 Å². The van der Waals surface area contributed by atoms with Crippen molar-refractivity contribution in [1.82, 2.24) is 4.98 Å². The number of aryl methyl sites for hydroxylation is 1. The maximum absolute atomic E-state index is 13.4. The molecule has 4 nitrogen and oxygen atoms in total. The van der Waals surface area contributed by atoms with Gasteiger partial charge in [0, 0.05) is 12.1 Å². The highest BCUT2D eigenvalue weighted by atomic mass is 32.1. The predicted molar refractivity (Wildman–Crippen MR) is 126 cm³/mol. The van der Waals surface area contributed by atoms with Crippen LogP contribution in [0.25, 0.3) is 21.7 Å². The fourth-order valence-electron chi connectivity index (χ4n) is 2.87. The van der Waals surface area contributed by atoms with Crippen molar-refractivity contribution in [3.63, 3.8) is 0 Å². The first-order chi connectivity index (χ1) is 15.2. The molecule has 6 heteroatoms. The maximum atomic E-state index is 13.4. The SMILES string of the molecule is C=O.C=O.Cc1ccc(-c2sc(NCc3ccccc3)nc2-c2ccc(F)cc2)cc1. The molecule has 0 saturated carbocycles. The van der Waals surface area contributed by atoms with Gasteiger partial charge in [-0.05, 0) is 42.3 Å². The summed E-state index contributed by atoms with van der Waals surface area (Å²) in [5.41, 5.74) is 5.32. The third-order valence-corrected chi connectivity index (χ3v) is 5.41. The third-order valence-electron chi connectivity index (χ3n) is 4.35. The molecule has 0 bridgehead atoms. The lowest BCUT2D eigenvalue weighted by Crippen LogP contribution is -1.98. The van der Waals surface area contributed by atoms with Crippen LogP contribution in [0, 0.1) is 12.7 Å². The summed E-state index contributed by atoms with van der Waals surface area (Å²) in [7, 11) is 0. The summed E-state index contributed by atoms with van der Waals surface area (Å²) in [6, 6.07) is 25.2. The number of benzene rings is 3. The Bertz CT molecular complexity index is 1000. The zero-order valence-electron chi connectivity index (χ0n) is 17.2. The van der Waals surface area contributed by atoms with Crippen molar-refractivity contribution >= 4 is 30.0 Å². The molecule has 158 valence electrons. The molecule has 0 aliphatic carbocycles. The number of carbonyl (C=O) groups is 2. The minimum atomic E-state index is -0.242. The molecule has 0 aliphatic heterocycles. The number of nitrogens with one attached hydrogen (secondary N) is 1. The number of hydrogen-bond acceptors (Lipinski definition) is 5. The van der Waals surface area contributed by atoms with Crippen LogP contribution in [0.4, 0.5) is 9.52 Å². The summed E-state index contributed by atoms with van der Waals surface area (Å²) in [4.78, 5) is 21.9.